The molecule has 26 heavy (non-hydrogen) atoms. The topological polar surface area (TPSA) is 90.2 Å². The van der Waals surface area contributed by atoms with Crippen LogP contribution < -0.4 is 4.74 Å². The summed E-state index contributed by atoms with van der Waals surface area (Å²) in [6.07, 6.45) is 2.78. The molecule has 6 heteroatoms. The van der Waals surface area contributed by atoms with Crippen LogP contribution in [0.25, 0.3) is 0 Å². The van der Waals surface area contributed by atoms with Crippen molar-refractivity contribution in [1.29, 1.82) is 0 Å². The van der Waals surface area contributed by atoms with Crippen molar-refractivity contribution in [3.8, 4) is 17.2 Å². The first-order chi connectivity index (χ1) is 12.5. The minimum atomic E-state index is -0.427. The van der Waals surface area contributed by atoms with Gasteiger partial charge in [-0.3, -0.25) is 10.0 Å². The zero-order valence-electron chi connectivity index (χ0n) is 14.6. The van der Waals surface area contributed by atoms with Gasteiger partial charge in [0, 0.05) is 11.6 Å². The average Bonchev–Trinajstić information content (AvgIpc) is 2.67. The van der Waals surface area contributed by atoms with E-state index in [1.54, 1.807) is 43.5 Å². The fourth-order valence-electron chi connectivity index (χ4n) is 3.54. The number of nitrogens with zero attached hydrogens (tertiary/aromatic N) is 1. The van der Waals surface area contributed by atoms with E-state index in [9.17, 15) is 20.2 Å². The number of benzene rings is 2. The number of amides is 1. The molecule has 0 unspecified atom stereocenters. The molecule has 0 saturated heterocycles. The molecular weight excluding hydrogens is 334 g/mol. The number of phenols is 2. The van der Waals surface area contributed by atoms with E-state index in [1.165, 1.54) is 6.07 Å². The molecule has 3 N–H and O–H groups in total. The largest absolute Gasteiger partial charge is 0.508 e. The van der Waals surface area contributed by atoms with Crippen LogP contribution in [0.15, 0.2) is 42.5 Å². The van der Waals surface area contributed by atoms with Crippen LogP contribution in [0.2, 0.25) is 0 Å². The molecule has 0 spiro atoms. The number of ether oxygens (including phenoxy) is 1. The summed E-state index contributed by atoms with van der Waals surface area (Å²) >= 11 is 0. The maximum absolute atomic E-state index is 12.5. The van der Waals surface area contributed by atoms with Gasteiger partial charge < -0.3 is 14.9 Å². The van der Waals surface area contributed by atoms with Crippen LogP contribution >= 0.6 is 0 Å². The van der Waals surface area contributed by atoms with Crippen molar-refractivity contribution in [2.75, 3.05) is 7.11 Å². The number of rotatable bonds is 4. The Morgan fingerprint density at radius 3 is 2.27 bits per heavy atom. The minimum Gasteiger partial charge on any atom is -0.508 e. The molecule has 2 aromatic rings. The summed E-state index contributed by atoms with van der Waals surface area (Å²) in [5.41, 5.74) is 1.21. The molecule has 0 aromatic heterocycles. The Morgan fingerprint density at radius 1 is 1.04 bits per heavy atom. The van der Waals surface area contributed by atoms with Crippen LogP contribution in [0, 0.1) is 0 Å². The third kappa shape index (κ3) is 3.75. The van der Waals surface area contributed by atoms with Gasteiger partial charge in [0.15, 0.2) is 0 Å². The number of phenolic OH excluding ortho intramolecular Hbond substituents is 2. The number of aromatic hydroxyl groups is 2. The maximum atomic E-state index is 12.5. The standard InChI is InChI=1S/C20H23NO5/c1-26-17-9-4-14(5-10-17)20(24)21(25)15-6-2-13(3-7-15)18-11-8-16(22)12-19(18)23/h4-5,8-13,15,22-23,25H,2-3,6-7H2,1H3. The van der Waals surface area contributed by atoms with Gasteiger partial charge in [-0.1, -0.05) is 6.07 Å². The summed E-state index contributed by atoms with van der Waals surface area (Å²) in [7, 11) is 1.56. The number of hydrogen-bond donors (Lipinski definition) is 3. The van der Waals surface area contributed by atoms with E-state index in [-0.39, 0.29) is 23.5 Å². The lowest BCUT2D eigenvalue weighted by Crippen LogP contribution is -2.39. The molecule has 0 aliphatic heterocycles. The predicted molar refractivity (Wildman–Crippen MR) is 95.7 cm³/mol. The minimum absolute atomic E-state index is 0.0338. The molecule has 0 radical (unpaired) electrons. The molecule has 1 saturated carbocycles. The lowest BCUT2D eigenvalue weighted by Gasteiger charge is -2.33. The molecular formula is C20H23NO5. The summed E-state index contributed by atoms with van der Waals surface area (Å²) in [6, 6.07) is 11.0. The molecule has 138 valence electrons. The number of hydrogen-bond acceptors (Lipinski definition) is 5. The second kappa shape index (κ2) is 7.66. The van der Waals surface area contributed by atoms with E-state index in [4.69, 9.17) is 4.74 Å². The van der Waals surface area contributed by atoms with Crippen molar-refractivity contribution >= 4 is 5.91 Å². The van der Waals surface area contributed by atoms with Crippen LogP contribution in [-0.2, 0) is 0 Å². The Kier molecular flexibility index (Phi) is 5.32. The van der Waals surface area contributed by atoms with Gasteiger partial charge in [-0.05, 0) is 67.5 Å². The highest BCUT2D eigenvalue weighted by molar-refractivity contribution is 5.93. The smallest absolute Gasteiger partial charge is 0.277 e. The summed E-state index contributed by atoms with van der Waals surface area (Å²) in [6.45, 7) is 0. The Bertz CT molecular complexity index is 766. The molecule has 0 atom stereocenters. The number of methoxy groups -OCH3 is 1. The van der Waals surface area contributed by atoms with Crippen LogP contribution in [-0.4, -0.2) is 39.5 Å². The monoisotopic (exact) mass is 357 g/mol. The predicted octanol–water partition coefficient (Wildman–Crippen LogP) is 3.66. The Hall–Kier alpha value is -2.73. The van der Waals surface area contributed by atoms with Gasteiger partial charge in [0.1, 0.15) is 17.2 Å². The molecule has 0 bridgehead atoms. The summed E-state index contributed by atoms with van der Waals surface area (Å²) < 4.78 is 5.07. The van der Waals surface area contributed by atoms with Crippen LogP contribution in [0.1, 0.15) is 47.5 Å². The number of carbonyl (C=O) groups is 1. The van der Waals surface area contributed by atoms with E-state index < -0.39 is 5.91 Å². The van der Waals surface area contributed by atoms with Gasteiger partial charge in [-0.25, -0.2) is 5.06 Å². The van der Waals surface area contributed by atoms with Gasteiger partial charge in [-0.15, -0.1) is 0 Å². The molecule has 0 heterocycles. The maximum Gasteiger partial charge on any atom is 0.277 e. The molecule has 1 aliphatic carbocycles. The van der Waals surface area contributed by atoms with Crippen molar-refractivity contribution in [1.82, 2.24) is 5.06 Å². The van der Waals surface area contributed by atoms with Gasteiger partial charge in [-0.2, -0.15) is 0 Å². The molecule has 1 aliphatic rings. The van der Waals surface area contributed by atoms with Crippen molar-refractivity contribution < 1.29 is 25.0 Å². The number of hydroxylamine groups is 2. The van der Waals surface area contributed by atoms with Crippen LogP contribution in [0.3, 0.4) is 0 Å². The SMILES string of the molecule is COc1ccc(C(=O)N(O)C2CCC(c3ccc(O)cc3O)CC2)cc1. The fourth-order valence-corrected chi connectivity index (χ4v) is 3.54. The summed E-state index contributed by atoms with van der Waals surface area (Å²) in [4.78, 5) is 12.5. The highest BCUT2D eigenvalue weighted by Gasteiger charge is 2.30. The molecule has 2 aromatic carbocycles. The van der Waals surface area contributed by atoms with Crippen LogP contribution in [0.5, 0.6) is 17.2 Å². The third-order valence-corrected chi connectivity index (χ3v) is 5.04. The van der Waals surface area contributed by atoms with E-state index in [1.807, 2.05) is 0 Å². The van der Waals surface area contributed by atoms with Gasteiger partial charge in [0.2, 0.25) is 0 Å². The molecule has 3 rings (SSSR count). The van der Waals surface area contributed by atoms with Crippen molar-refractivity contribution in [2.24, 2.45) is 0 Å². The Labute approximate surface area is 152 Å². The first-order valence-electron chi connectivity index (χ1n) is 8.68. The average molecular weight is 357 g/mol. The van der Waals surface area contributed by atoms with Gasteiger partial charge in [0.05, 0.1) is 13.2 Å². The quantitative estimate of drug-likeness (QED) is 0.574. The summed E-state index contributed by atoms with van der Waals surface area (Å²) in [5, 5.41) is 30.6. The van der Waals surface area contributed by atoms with Gasteiger partial charge >= 0.3 is 0 Å². The van der Waals surface area contributed by atoms with Crippen molar-refractivity contribution in [3.63, 3.8) is 0 Å². The summed E-state index contributed by atoms with van der Waals surface area (Å²) in [5.74, 6) is 0.496. The second-order valence-electron chi connectivity index (χ2n) is 6.63. The van der Waals surface area contributed by atoms with Crippen molar-refractivity contribution in [2.45, 2.75) is 37.6 Å². The highest BCUT2D eigenvalue weighted by Crippen LogP contribution is 2.39. The zero-order valence-corrected chi connectivity index (χ0v) is 14.6. The van der Waals surface area contributed by atoms with Crippen molar-refractivity contribution in [3.05, 3.63) is 53.6 Å². The lowest BCUT2D eigenvalue weighted by atomic mass is 9.81. The number of carbonyl (C=O) groups excluding carboxylic acids is 1. The van der Waals surface area contributed by atoms with Crippen LogP contribution in [0.4, 0.5) is 0 Å². The highest BCUT2D eigenvalue weighted by atomic mass is 16.5. The van der Waals surface area contributed by atoms with Gasteiger partial charge in [0.25, 0.3) is 5.91 Å². The van der Waals surface area contributed by atoms with E-state index >= 15 is 0 Å². The second-order valence-corrected chi connectivity index (χ2v) is 6.63. The van der Waals surface area contributed by atoms with E-state index in [0.717, 1.165) is 23.5 Å². The first-order valence-corrected chi connectivity index (χ1v) is 8.68. The molecule has 6 nitrogen and oxygen atoms in total. The fraction of sp³-hybridized carbons (Fsp3) is 0.350. The Balaban J connectivity index is 1.62. The normalized spacial score (nSPS) is 19.8. The van der Waals surface area contributed by atoms with E-state index in [2.05, 4.69) is 0 Å². The molecule has 1 fully saturated rings. The zero-order chi connectivity index (χ0) is 18.7. The first kappa shape index (κ1) is 18.1. The Morgan fingerprint density at radius 2 is 1.69 bits per heavy atom. The van der Waals surface area contributed by atoms with E-state index in [0.29, 0.717) is 24.2 Å². The molecule has 1 amide bonds. The lowest BCUT2D eigenvalue weighted by molar-refractivity contribution is -0.0974. The third-order valence-electron chi connectivity index (χ3n) is 5.04.